The Labute approximate surface area is 190 Å². The van der Waals surface area contributed by atoms with E-state index in [9.17, 15) is 14.4 Å². The van der Waals surface area contributed by atoms with Gasteiger partial charge in [-0.3, -0.25) is 14.4 Å². The highest BCUT2D eigenvalue weighted by atomic mass is 35.5. The summed E-state index contributed by atoms with van der Waals surface area (Å²) >= 11 is 6.26. The Morgan fingerprint density at radius 1 is 1.06 bits per heavy atom. The molecule has 3 amide bonds. The second-order valence-corrected chi connectivity index (χ2v) is 7.75. The summed E-state index contributed by atoms with van der Waals surface area (Å²) in [5.74, 6) is -1.46. The smallest absolute Gasteiger partial charge is 0.255 e. The second kappa shape index (κ2) is 10.2. The van der Waals surface area contributed by atoms with Crippen molar-refractivity contribution >= 4 is 40.7 Å². The maximum Gasteiger partial charge on any atom is 0.255 e. The van der Waals surface area contributed by atoms with E-state index in [4.69, 9.17) is 32.5 Å². The van der Waals surface area contributed by atoms with Crippen molar-refractivity contribution in [2.45, 2.75) is 19.3 Å². The van der Waals surface area contributed by atoms with Crippen molar-refractivity contribution in [3.8, 4) is 11.5 Å². The lowest BCUT2D eigenvalue weighted by molar-refractivity contribution is -0.119. The fourth-order valence-corrected chi connectivity index (χ4v) is 3.79. The minimum atomic E-state index is -0.676. The van der Waals surface area contributed by atoms with Gasteiger partial charge in [0.1, 0.15) is 0 Å². The summed E-state index contributed by atoms with van der Waals surface area (Å²) in [5, 5.41) is 2.93. The molecule has 0 saturated carbocycles. The van der Waals surface area contributed by atoms with Crippen LogP contribution in [-0.4, -0.2) is 44.5 Å². The van der Waals surface area contributed by atoms with Gasteiger partial charge in [-0.15, -0.1) is 0 Å². The first kappa shape index (κ1) is 23.2. The molecule has 5 N–H and O–H groups in total. The highest BCUT2D eigenvalue weighted by Gasteiger charge is 2.20. The lowest BCUT2D eigenvalue weighted by atomic mass is 10.1. The van der Waals surface area contributed by atoms with Crippen molar-refractivity contribution < 1.29 is 23.9 Å². The number of carbonyl (C=O) groups excluding carboxylic acids is 3. The van der Waals surface area contributed by atoms with Gasteiger partial charge in [-0.25, -0.2) is 0 Å². The number of carbonyl (C=O) groups is 3. The highest BCUT2D eigenvalue weighted by Crippen LogP contribution is 2.37. The first-order valence-electron chi connectivity index (χ1n) is 10.1. The number of ether oxygens (including phenoxy) is 2. The fourth-order valence-electron chi connectivity index (χ4n) is 3.53. The summed E-state index contributed by atoms with van der Waals surface area (Å²) in [6.07, 6.45) is 3.25. The summed E-state index contributed by atoms with van der Waals surface area (Å²) in [5.41, 5.74) is 12.3. The van der Waals surface area contributed by atoms with Gasteiger partial charge in [-0.05, 0) is 49.6 Å². The van der Waals surface area contributed by atoms with E-state index in [2.05, 4.69) is 10.2 Å². The van der Waals surface area contributed by atoms with Crippen LogP contribution in [-0.2, 0) is 4.79 Å². The molecule has 170 valence electrons. The number of nitrogens with zero attached hydrogens (tertiary/aromatic N) is 1. The molecule has 10 heteroatoms. The number of amides is 3. The number of anilines is 2. The number of hydrogen-bond acceptors (Lipinski definition) is 6. The summed E-state index contributed by atoms with van der Waals surface area (Å²) < 4.78 is 10.6. The first-order valence-corrected chi connectivity index (χ1v) is 10.5. The maximum absolute atomic E-state index is 13.1. The van der Waals surface area contributed by atoms with Gasteiger partial charge in [0.15, 0.2) is 18.1 Å². The van der Waals surface area contributed by atoms with E-state index in [1.165, 1.54) is 19.2 Å². The molecule has 0 aromatic heterocycles. The molecule has 1 aliphatic heterocycles. The van der Waals surface area contributed by atoms with Crippen LogP contribution in [0.1, 0.15) is 40.0 Å². The maximum atomic E-state index is 13.1. The topological polar surface area (TPSA) is 137 Å². The second-order valence-electron chi connectivity index (χ2n) is 7.34. The summed E-state index contributed by atoms with van der Waals surface area (Å²) in [6, 6.07) is 7.83. The van der Waals surface area contributed by atoms with Crippen LogP contribution in [0.5, 0.6) is 11.5 Å². The Hall–Kier alpha value is -3.46. The number of nitrogens with two attached hydrogens (primary N) is 2. The number of benzene rings is 2. The molecular formula is C22H25ClN4O5. The molecule has 1 saturated heterocycles. The average molecular weight is 461 g/mol. The molecule has 0 unspecified atom stereocenters. The van der Waals surface area contributed by atoms with Crippen LogP contribution in [0.4, 0.5) is 11.4 Å². The number of rotatable bonds is 8. The van der Waals surface area contributed by atoms with E-state index >= 15 is 0 Å². The van der Waals surface area contributed by atoms with Gasteiger partial charge in [-0.2, -0.15) is 0 Å². The molecule has 32 heavy (non-hydrogen) atoms. The van der Waals surface area contributed by atoms with E-state index in [1.54, 1.807) is 18.2 Å². The SMILES string of the molecule is COc1cc(C(=O)Nc2cc(C(N)=O)ccc2N2CCCCC2)cc(Cl)c1OCC(N)=O. The Balaban J connectivity index is 1.91. The van der Waals surface area contributed by atoms with E-state index in [1.807, 2.05) is 0 Å². The molecule has 0 atom stereocenters. The Morgan fingerprint density at radius 2 is 1.78 bits per heavy atom. The van der Waals surface area contributed by atoms with E-state index < -0.39 is 17.7 Å². The van der Waals surface area contributed by atoms with Crippen molar-refractivity contribution in [3.05, 3.63) is 46.5 Å². The number of nitrogens with one attached hydrogen (secondary N) is 1. The van der Waals surface area contributed by atoms with Crippen molar-refractivity contribution in [2.75, 3.05) is 37.0 Å². The summed E-state index contributed by atoms with van der Waals surface area (Å²) in [7, 11) is 1.38. The number of halogens is 1. The van der Waals surface area contributed by atoms with Gasteiger partial charge >= 0.3 is 0 Å². The van der Waals surface area contributed by atoms with Crippen LogP contribution in [0.3, 0.4) is 0 Å². The predicted octanol–water partition coefficient (Wildman–Crippen LogP) is 2.55. The Bertz CT molecular complexity index is 1040. The molecule has 2 aromatic carbocycles. The van der Waals surface area contributed by atoms with Crippen LogP contribution in [0.15, 0.2) is 30.3 Å². The fraction of sp³-hybridized carbons (Fsp3) is 0.318. The minimum Gasteiger partial charge on any atom is -0.493 e. The van der Waals surface area contributed by atoms with E-state index in [0.717, 1.165) is 38.0 Å². The van der Waals surface area contributed by atoms with E-state index in [-0.39, 0.29) is 34.3 Å². The standard InChI is InChI=1S/C22H25ClN4O5/c1-31-18-11-14(9-15(23)20(18)32-12-19(24)28)22(30)26-16-10-13(21(25)29)5-6-17(16)27-7-3-2-4-8-27/h5-6,9-11H,2-4,7-8,12H2,1H3,(H2,24,28)(H2,25,29)(H,26,30). The van der Waals surface area contributed by atoms with Crippen LogP contribution >= 0.6 is 11.6 Å². The molecule has 1 heterocycles. The lowest BCUT2D eigenvalue weighted by Crippen LogP contribution is -2.30. The Morgan fingerprint density at radius 3 is 2.41 bits per heavy atom. The molecule has 0 bridgehead atoms. The van der Waals surface area contributed by atoms with Gasteiger partial charge in [-0.1, -0.05) is 11.6 Å². The number of hydrogen-bond donors (Lipinski definition) is 3. The molecule has 0 spiro atoms. The van der Waals surface area contributed by atoms with Crippen molar-refractivity contribution in [2.24, 2.45) is 11.5 Å². The van der Waals surface area contributed by atoms with Crippen molar-refractivity contribution in [1.29, 1.82) is 0 Å². The van der Waals surface area contributed by atoms with E-state index in [0.29, 0.717) is 5.69 Å². The molecular weight excluding hydrogens is 436 g/mol. The molecule has 1 aliphatic rings. The largest absolute Gasteiger partial charge is 0.493 e. The average Bonchev–Trinajstić information content (AvgIpc) is 2.78. The zero-order valence-electron chi connectivity index (χ0n) is 17.7. The van der Waals surface area contributed by atoms with Gasteiger partial charge in [0.2, 0.25) is 5.91 Å². The summed E-state index contributed by atoms with van der Waals surface area (Å²) in [4.78, 5) is 37.9. The van der Waals surface area contributed by atoms with Crippen LogP contribution in [0, 0.1) is 0 Å². The van der Waals surface area contributed by atoms with Crippen LogP contribution in [0.25, 0.3) is 0 Å². The lowest BCUT2D eigenvalue weighted by Gasteiger charge is -2.30. The first-order chi connectivity index (χ1) is 15.3. The van der Waals surface area contributed by atoms with Crippen molar-refractivity contribution in [1.82, 2.24) is 0 Å². The number of primary amides is 2. The normalized spacial score (nSPS) is 13.4. The zero-order valence-corrected chi connectivity index (χ0v) is 18.4. The van der Waals surface area contributed by atoms with Crippen molar-refractivity contribution in [3.63, 3.8) is 0 Å². The monoisotopic (exact) mass is 460 g/mol. The van der Waals surface area contributed by atoms with Crippen LogP contribution in [0.2, 0.25) is 5.02 Å². The Kier molecular flexibility index (Phi) is 7.42. The van der Waals surface area contributed by atoms with Gasteiger partial charge in [0, 0.05) is 24.2 Å². The highest BCUT2D eigenvalue weighted by molar-refractivity contribution is 6.33. The minimum absolute atomic E-state index is 0.0814. The van der Waals surface area contributed by atoms with Gasteiger partial charge < -0.3 is 31.2 Å². The molecule has 2 aromatic rings. The zero-order chi connectivity index (χ0) is 23.3. The van der Waals surface area contributed by atoms with Crippen LogP contribution < -0.4 is 31.2 Å². The molecule has 3 rings (SSSR count). The number of methoxy groups -OCH3 is 1. The predicted molar refractivity (Wildman–Crippen MR) is 122 cm³/mol. The van der Waals surface area contributed by atoms with Gasteiger partial charge in [0.05, 0.1) is 23.5 Å². The summed E-state index contributed by atoms with van der Waals surface area (Å²) in [6.45, 7) is 1.31. The molecule has 9 nitrogen and oxygen atoms in total. The number of piperidine rings is 1. The molecule has 0 radical (unpaired) electrons. The third-order valence-corrected chi connectivity index (χ3v) is 5.36. The third kappa shape index (κ3) is 5.42. The molecule has 1 fully saturated rings. The van der Waals surface area contributed by atoms with Gasteiger partial charge in [0.25, 0.3) is 11.8 Å². The molecule has 0 aliphatic carbocycles. The third-order valence-electron chi connectivity index (χ3n) is 5.08. The quantitative estimate of drug-likeness (QED) is 0.553.